The number of benzene rings is 1. The Kier molecular flexibility index (Phi) is 4.09. The largest absolute Gasteiger partial charge is 0.379 e. The Morgan fingerprint density at radius 3 is 2.75 bits per heavy atom. The Morgan fingerprint density at radius 1 is 1.38 bits per heavy atom. The Balaban J connectivity index is 1.77. The minimum Gasteiger partial charge on any atom is -0.379 e. The van der Waals surface area contributed by atoms with Gasteiger partial charge in [-0.1, -0.05) is 34.2 Å². The molecule has 0 saturated heterocycles. The van der Waals surface area contributed by atoms with Gasteiger partial charge >= 0.3 is 0 Å². The molecule has 128 valence electrons. The average molecular weight is 407 g/mol. The molecule has 1 aromatic rings. The molecule has 0 amide bonds. The van der Waals surface area contributed by atoms with Crippen molar-refractivity contribution in [3.8, 4) is 0 Å². The molecule has 1 heterocycles. The zero-order chi connectivity index (χ0) is 16.9. The van der Waals surface area contributed by atoms with Crippen LogP contribution in [0.25, 0.3) is 0 Å². The van der Waals surface area contributed by atoms with Crippen molar-refractivity contribution in [3.05, 3.63) is 33.8 Å². The van der Waals surface area contributed by atoms with E-state index in [2.05, 4.69) is 46.4 Å². The Labute approximate surface area is 157 Å². The third kappa shape index (κ3) is 2.31. The molecule has 2 aliphatic carbocycles. The molecule has 0 radical (unpaired) electrons. The van der Waals surface area contributed by atoms with Gasteiger partial charge in [-0.3, -0.25) is 4.99 Å². The Bertz CT molecular complexity index is 724. The molecule has 5 heteroatoms. The number of nitrogens with one attached hydrogen (secondary N) is 1. The van der Waals surface area contributed by atoms with Gasteiger partial charge in [-0.2, -0.15) is 0 Å². The van der Waals surface area contributed by atoms with Gasteiger partial charge in [-0.05, 0) is 63.6 Å². The van der Waals surface area contributed by atoms with Crippen LogP contribution in [-0.4, -0.2) is 23.4 Å². The summed E-state index contributed by atoms with van der Waals surface area (Å²) in [7, 11) is 0. The fourth-order valence-electron chi connectivity index (χ4n) is 4.87. The second kappa shape index (κ2) is 5.89. The quantitative estimate of drug-likeness (QED) is 0.733. The van der Waals surface area contributed by atoms with Crippen molar-refractivity contribution in [2.24, 2.45) is 10.4 Å². The van der Waals surface area contributed by atoms with Gasteiger partial charge in [0.25, 0.3) is 0 Å². The van der Waals surface area contributed by atoms with Crippen molar-refractivity contribution in [2.45, 2.75) is 57.7 Å². The summed E-state index contributed by atoms with van der Waals surface area (Å²) in [5.74, 6) is 0. The van der Waals surface area contributed by atoms with Gasteiger partial charge in [-0.15, -0.1) is 0 Å². The molecule has 3 aliphatic rings. The summed E-state index contributed by atoms with van der Waals surface area (Å²) in [6, 6.07) is 6.62. The van der Waals surface area contributed by atoms with Crippen LogP contribution < -0.4 is 5.32 Å². The summed E-state index contributed by atoms with van der Waals surface area (Å²) in [5.41, 5.74) is 3.38. The Morgan fingerprint density at radius 2 is 2.12 bits per heavy atom. The minimum atomic E-state index is -0.384. The van der Waals surface area contributed by atoms with Crippen LogP contribution in [-0.2, 0) is 16.8 Å². The number of fused-ring (bicyclic) bond motifs is 3. The van der Waals surface area contributed by atoms with Crippen molar-refractivity contribution >= 4 is 38.8 Å². The molecule has 4 rings (SSSR count). The summed E-state index contributed by atoms with van der Waals surface area (Å²) < 4.78 is 6.99. The summed E-state index contributed by atoms with van der Waals surface area (Å²) in [5, 5.41) is 3.64. The van der Waals surface area contributed by atoms with Crippen LogP contribution >= 0.6 is 28.1 Å². The number of hydrogen-bond donors (Lipinski definition) is 1. The lowest BCUT2D eigenvalue weighted by molar-refractivity contribution is -0.0226. The van der Waals surface area contributed by atoms with Crippen molar-refractivity contribution in [3.63, 3.8) is 0 Å². The zero-order valence-electron chi connectivity index (χ0n) is 14.2. The summed E-state index contributed by atoms with van der Waals surface area (Å²) in [4.78, 5) is 5.93. The first-order chi connectivity index (χ1) is 11.5. The van der Waals surface area contributed by atoms with Crippen molar-refractivity contribution in [1.29, 1.82) is 0 Å². The first kappa shape index (κ1) is 16.7. The fourth-order valence-corrected chi connectivity index (χ4v) is 5.42. The lowest BCUT2D eigenvalue weighted by atomic mass is 9.65. The van der Waals surface area contributed by atoms with Crippen LogP contribution in [0.4, 0.5) is 0 Å². The van der Waals surface area contributed by atoms with E-state index in [9.17, 15) is 0 Å². The van der Waals surface area contributed by atoms with E-state index in [1.807, 2.05) is 6.92 Å². The van der Waals surface area contributed by atoms with E-state index in [0.717, 1.165) is 53.9 Å². The molecule has 1 aliphatic heterocycles. The standard InChI is InChI=1S/C19H23BrN2OS/c1-3-23-15-6-8-18(9-7-15)11-13-4-5-14(20)10-16(13)19(18)21-12(2)17(24)22-19/h4-5,10,15H,3,6-9,11H2,1-2H3,(H,22,24). The van der Waals surface area contributed by atoms with Crippen molar-refractivity contribution in [2.75, 3.05) is 6.61 Å². The molecule has 1 saturated carbocycles. The van der Waals surface area contributed by atoms with Gasteiger partial charge in [-0.25, -0.2) is 0 Å². The first-order valence-corrected chi connectivity index (χ1v) is 9.99. The summed E-state index contributed by atoms with van der Waals surface area (Å²) >= 11 is 9.19. The summed E-state index contributed by atoms with van der Waals surface area (Å²) in [6.07, 6.45) is 5.92. The monoisotopic (exact) mass is 406 g/mol. The maximum atomic E-state index is 5.89. The molecule has 1 N–H and O–H groups in total. The highest BCUT2D eigenvalue weighted by Crippen LogP contribution is 2.59. The van der Waals surface area contributed by atoms with Gasteiger partial charge in [0.15, 0.2) is 5.66 Å². The van der Waals surface area contributed by atoms with E-state index >= 15 is 0 Å². The van der Waals surface area contributed by atoms with Crippen LogP contribution in [0, 0.1) is 5.41 Å². The number of hydrogen-bond acceptors (Lipinski definition) is 3. The normalized spacial score (nSPS) is 34.5. The minimum absolute atomic E-state index is 0.103. The van der Waals surface area contributed by atoms with Gasteiger partial charge < -0.3 is 10.1 Å². The second-order valence-electron chi connectivity index (χ2n) is 7.28. The van der Waals surface area contributed by atoms with E-state index in [1.54, 1.807) is 0 Å². The second-order valence-corrected chi connectivity index (χ2v) is 8.60. The van der Waals surface area contributed by atoms with Crippen molar-refractivity contribution in [1.82, 2.24) is 5.32 Å². The summed E-state index contributed by atoms with van der Waals surface area (Å²) in [6.45, 7) is 4.91. The molecule has 1 aromatic carbocycles. The van der Waals surface area contributed by atoms with E-state index in [0.29, 0.717) is 6.10 Å². The average Bonchev–Trinajstić information content (AvgIpc) is 2.99. The van der Waals surface area contributed by atoms with E-state index in [-0.39, 0.29) is 11.1 Å². The number of halogens is 1. The maximum absolute atomic E-state index is 5.89. The van der Waals surface area contributed by atoms with Crippen LogP contribution in [0.2, 0.25) is 0 Å². The molecule has 1 fully saturated rings. The highest BCUT2D eigenvalue weighted by Gasteiger charge is 2.61. The van der Waals surface area contributed by atoms with E-state index in [4.69, 9.17) is 21.9 Å². The van der Waals surface area contributed by atoms with Gasteiger partial charge in [0, 0.05) is 22.1 Å². The molecule has 2 spiro atoms. The number of aliphatic imine (C=N–C) groups is 1. The predicted octanol–water partition coefficient (Wildman–Crippen LogP) is 4.52. The van der Waals surface area contributed by atoms with Crippen molar-refractivity contribution < 1.29 is 4.74 Å². The molecule has 0 bridgehead atoms. The fraction of sp³-hybridized carbons (Fsp3) is 0.579. The smallest absolute Gasteiger partial charge is 0.162 e. The van der Waals surface area contributed by atoms with Crippen LogP contribution in [0.1, 0.15) is 50.7 Å². The molecule has 24 heavy (non-hydrogen) atoms. The number of thiocarbonyl (C=S) groups is 1. The van der Waals surface area contributed by atoms with Gasteiger partial charge in [0.05, 0.1) is 11.8 Å². The third-order valence-electron chi connectivity index (χ3n) is 6.01. The molecule has 1 atom stereocenters. The highest BCUT2D eigenvalue weighted by molar-refractivity contribution is 9.10. The number of nitrogens with zero attached hydrogens (tertiary/aromatic N) is 1. The molecule has 1 unspecified atom stereocenters. The number of ether oxygens (including phenoxy) is 1. The molecular formula is C19H23BrN2OS. The zero-order valence-corrected chi connectivity index (χ0v) is 16.6. The first-order valence-electron chi connectivity index (χ1n) is 8.79. The topological polar surface area (TPSA) is 33.6 Å². The van der Waals surface area contributed by atoms with Gasteiger partial charge in [0.1, 0.15) is 4.99 Å². The van der Waals surface area contributed by atoms with E-state index in [1.165, 1.54) is 11.1 Å². The van der Waals surface area contributed by atoms with Crippen LogP contribution in [0.5, 0.6) is 0 Å². The maximum Gasteiger partial charge on any atom is 0.162 e. The van der Waals surface area contributed by atoms with Crippen LogP contribution in [0.15, 0.2) is 27.7 Å². The predicted molar refractivity (Wildman–Crippen MR) is 105 cm³/mol. The lowest BCUT2D eigenvalue weighted by Crippen LogP contribution is -2.52. The molecule has 0 aromatic heterocycles. The number of rotatable bonds is 2. The molecule has 3 nitrogen and oxygen atoms in total. The lowest BCUT2D eigenvalue weighted by Gasteiger charge is -2.46. The Hall–Kier alpha value is -0.780. The third-order valence-corrected chi connectivity index (χ3v) is 6.90. The SMILES string of the molecule is CCOC1CCC2(CC1)Cc1ccc(Br)cc1C21N=C(C)C(=S)N1. The van der Waals surface area contributed by atoms with E-state index < -0.39 is 0 Å². The molecular weight excluding hydrogens is 384 g/mol. The highest BCUT2D eigenvalue weighted by atomic mass is 79.9. The van der Waals surface area contributed by atoms with Crippen LogP contribution in [0.3, 0.4) is 0 Å². The van der Waals surface area contributed by atoms with Gasteiger partial charge in [0.2, 0.25) is 0 Å².